The van der Waals surface area contributed by atoms with E-state index in [9.17, 15) is 9.18 Å². The lowest BCUT2D eigenvalue weighted by Gasteiger charge is -2.18. The summed E-state index contributed by atoms with van der Waals surface area (Å²) < 4.78 is 18.2. The molecule has 0 bridgehead atoms. The molecule has 0 saturated carbocycles. The Hall–Kier alpha value is -1.62. The first-order valence-electron chi connectivity index (χ1n) is 5.33. The van der Waals surface area contributed by atoms with Crippen molar-refractivity contribution in [2.24, 2.45) is 0 Å². The highest BCUT2D eigenvalue weighted by Crippen LogP contribution is 2.20. The van der Waals surface area contributed by atoms with Crippen molar-refractivity contribution in [3.05, 3.63) is 29.6 Å². The molecular weight excluding hydrogens is 223 g/mol. The minimum Gasteiger partial charge on any atom is -0.496 e. The summed E-state index contributed by atoms with van der Waals surface area (Å²) in [4.78, 5) is 13.6. The van der Waals surface area contributed by atoms with E-state index in [2.05, 4.69) is 5.32 Å². The molecule has 0 spiro atoms. The van der Waals surface area contributed by atoms with E-state index in [0.717, 1.165) is 0 Å². The Bertz CT molecular complexity index is 396. The zero-order valence-corrected chi connectivity index (χ0v) is 10.3. The van der Waals surface area contributed by atoms with Crippen molar-refractivity contribution in [3.63, 3.8) is 0 Å². The third kappa shape index (κ3) is 3.42. The van der Waals surface area contributed by atoms with Gasteiger partial charge < -0.3 is 15.0 Å². The van der Waals surface area contributed by atoms with Crippen molar-refractivity contribution in [3.8, 4) is 5.75 Å². The minimum absolute atomic E-state index is 0.242. The molecule has 0 atom stereocenters. The number of carbonyl (C=O) groups excluding carboxylic acids is 1. The molecule has 0 heterocycles. The molecule has 0 saturated heterocycles. The van der Waals surface area contributed by atoms with E-state index >= 15 is 0 Å². The number of amides is 1. The van der Waals surface area contributed by atoms with Gasteiger partial charge >= 0.3 is 0 Å². The van der Waals surface area contributed by atoms with Gasteiger partial charge in [0.25, 0.3) is 5.91 Å². The number of hydrogen-bond acceptors (Lipinski definition) is 3. The van der Waals surface area contributed by atoms with Crippen LogP contribution in [-0.2, 0) is 0 Å². The van der Waals surface area contributed by atoms with Gasteiger partial charge in [0.1, 0.15) is 11.6 Å². The molecule has 1 aromatic carbocycles. The van der Waals surface area contributed by atoms with Crippen LogP contribution in [0, 0.1) is 5.82 Å². The maximum Gasteiger partial charge on any atom is 0.257 e. The Morgan fingerprint density at radius 3 is 2.82 bits per heavy atom. The molecule has 1 rings (SSSR count). The zero-order chi connectivity index (χ0) is 12.8. The molecule has 0 fully saturated rings. The van der Waals surface area contributed by atoms with Crippen molar-refractivity contribution in [1.29, 1.82) is 0 Å². The van der Waals surface area contributed by atoms with E-state index in [1.165, 1.54) is 30.2 Å². The van der Waals surface area contributed by atoms with Gasteiger partial charge in [0, 0.05) is 20.1 Å². The first kappa shape index (κ1) is 13.4. The fourth-order valence-electron chi connectivity index (χ4n) is 1.43. The molecule has 17 heavy (non-hydrogen) atoms. The van der Waals surface area contributed by atoms with Gasteiger partial charge in [-0.15, -0.1) is 0 Å². The van der Waals surface area contributed by atoms with Gasteiger partial charge in [0.2, 0.25) is 0 Å². The molecule has 1 aromatic rings. The number of carbonyl (C=O) groups is 1. The number of methoxy groups -OCH3 is 1. The van der Waals surface area contributed by atoms with Gasteiger partial charge in [-0.3, -0.25) is 4.79 Å². The van der Waals surface area contributed by atoms with Gasteiger partial charge in [-0.05, 0) is 25.2 Å². The molecule has 4 nitrogen and oxygen atoms in total. The summed E-state index contributed by atoms with van der Waals surface area (Å²) in [6.07, 6.45) is 0. The Kier molecular flexibility index (Phi) is 4.90. The summed E-state index contributed by atoms with van der Waals surface area (Å²) >= 11 is 0. The molecule has 5 heteroatoms. The van der Waals surface area contributed by atoms with E-state index in [1.807, 2.05) is 0 Å². The fourth-order valence-corrected chi connectivity index (χ4v) is 1.43. The van der Waals surface area contributed by atoms with Crippen LogP contribution < -0.4 is 10.1 Å². The van der Waals surface area contributed by atoms with Crippen molar-refractivity contribution >= 4 is 5.91 Å². The third-order valence-electron chi connectivity index (χ3n) is 2.44. The molecule has 0 aliphatic rings. The van der Waals surface area contributed by atoms with Gasteiger partial charge in [0.15, 0.2) is 0 Å². The second-order valence-corrected chi connectivity index (χ2v) is 3.67. The predicted octanol–water partition coefficient (Wildman–Crippen LogP) is 1.13. The fraction of sp³-hybridized carbons (Fsp3) is 0.417. The Labute approximate surface area is 100 Å². The van der Waals surface area contributed by atoms with Crippen LogP contribution in [0.1, 0.15) is 10.4 Å². The van der Waals surface area contributed by atoms with Gasteiger partial charge in [-0.1, -0.05) is 0 Å². The molecule has 0 unspecified atom stereocenters. The lowest BCUT2D eigenvalue weighted by Crippen LogP contribution is -2.33. The second kappa shape index (κ2) is 6.20. The summed E-state index contributed by atoms with van der Waals surface area (Å²) in [6, 6.07) is 3.91. The van der Waals surface area contributed by atoms with E-state index in [-0.39, 0.29) is 11.5 Å². The average molecular weight is 240 g/mol. The zero-order valence-electron chi connectivity index (χ0n) is 10.3. The Balaban J connectivity index is 2.90. The number of benzene rings is 1. The summed E-state index contributed by atoms with van der Waals surface area (Å²) in [5.41, 5.74) is 0.242. The van der Waals surface area contributed by atoms with E-state index in [0.29, 0.717) is 18.8 Å². The molecular formula is C12H17FN2O2. The van der Waals surface area contributed by atoms with Gasteiger partial charge in [-0.2, -0.15) is 0 Å². The van der Waals surface area contributed by atoms with Crippen molar-refractivity contribution < 1.29 is 13.9 Å². The average Bonchev–Trinajstić information content (AvgIpc) is 2.34. The van der Waals surface area contributed by atoms with Crippen LogP contribution in [-0.4, -0.2) is 45.1 Å². The number of hydrogen-bond donors (Lipinski definition) is 1. The monoisotopic (exact) mass is 240 g/mol. The number of likely N-dealkylation sites (N-methyl/N-ethyl adjacent to an activating group) is 2. The van der Waals surface area contributed by atoms with Crippen molar-refractivity contribution in [1.82, 2.24) is 10.2 Å². The highest BCUT2D eigenvalue weighted by molar-refractivity contribution is 5.96. The normalized spacial score (nSPS) is 10.1. The Morgan fingerprint density at radius 2 is 2.24 bits per heavy atom. The Morgan fingerprint density at radius 1 is 1.53 bits per heavy atom. The number of nitrogens with one attached hydrogen (secondary N) is 1. The van der Waals surface area contributed by atoms with Crippen LogP contribution >= 0.6 is 0 Å². The largest absolute Gasteiger partial charge is 0.496 e. The third-order valence-corrected chi connectivity index (χ3v) is 2.44. The van der Waals surface area contributed by atoms with Gasteiger partial charge in [0.05, 0.1) is 12.7 Å². The first-order chi connectivity index (χ1) is 8.10. The first-order valence-corrected chi connectivity index (χ1v) is 5.33. The molecule has 0 aliphatic heterocycles. The highest BCUT2D eigenvalue weighted by Gasteiger charge is 2.16. The van der Waals surface area contributed by atoms with Crippen LogP contribution in [0.5, 0.6) is 5.75 Å². The lowest BCUT2D eigenvalue weighted by atomic mass is 10.1. The number of nitrogens with zero attached hydrogens (tertiary/aromatic N) is 1. The minimum atomic E-state index is -0.448. The molecule has 94 valence electrons. The quantitative estimate of drug-likeness (QED) is 0.838. The summed E-state index contributed by atoms with van der Waals surface area (Å²) in [6.45, 7) is 1.23. The molecule has 1 N–H and O–H groups in total. The summed E-state index contributed by atoms with van der Waals surface area (Å²) in [7, 11) is 4.93. The lowest BCUT2D eigenvalue weighted by molar-refractivity contribution is 0.0793. The molecule has 0 radical (unpaired) electrons. The molecule has 0 aromatic heterocycles. The van der Waals surface area contributed by atoms with Crippen LogP contribution in [0.4, 0.5) is 4.39 Å². The second-order valence-electron chi connectivity index (χ2n) is 3.67. The number of halogens is 1. The van der Waals surface area contributed by atoms with Crippen LogP contribution in [0.2, 0.25) is 0 Å². The van der Waals surface area contributed by atoms with Crippen LogP contribution in [0.25, 0.3) is 0 Å². The van der Waals surface area contributed by atoms with Crippen LogP contribution in [0.15, 0.2) is 18.2 Å². The SMILES string of the molecule is CNCCN(C)C(=O)c1cc(F)ccc1OC. The highest BCUT2D eigenvalue weighted by atomic mass is 19.1. The van der Waals surface area contributed by atoms with Gasteiger partial charge in [-0.25, -0.2) is 4.39 Å². The summed E-state index contributed by atoms with van der Waals surface area (Å²) in [5.74, 6) is -0.319. The predicted molar refractivity (Wildman–Crippen MR) is 63.8 cm³/mol. The molecule has 1 amide bonds. The summed E-state index contributed by atoms with van der Waals surface area (Å²) in [5, 5.41) is 2.95. The van der Waals surface area contributed by atoms with Crippen LogP contribution in [0.3, 0.4) is 0 Å². The standard InChI is InChI=1S/C12H17FN2O2/c1-14-6-7-15(2)12(16)10-8-9(13)4-5-11(10)17-3/h4-5,8,14H,6-7H2,1-3H3. The van der Waals surface area contributed by atoms with Crippen molar-refractivity contribution in [2.75, 3.05) is 34.3 Å². The maximum absolute atomic E-state index is 13.1. The molecule has 0 aliphatic carbocycles. The smallest absolute Gasteiger partial charge is 0.257 e. The maximum atomic E-state index is 13.1. The van der Waals surface area contributed by atoms with Crippen molar-refractivity contribution in [2.45, 2.75) is 0 Å². The number of rotatable bonds is 5. The number of ether oxygens (including phenoxy) is 1. The van der Waals surface area contributed by atoms with E-state index in [4.69, 9.17) is 4.74 Å². The topological polar surface area (TPSA) is 41.6 Å². The van der Waals surface area contributed by atoms with E-state index < -0.39 is 5.82 Å². The van der Waals surface area contributed by atoms with E-state index in [1.54, 1.807) is 14.1 Å².